The van der Waals surface area contributed by atoms with Crippen molar-refractivity contribution in [2.75, 3.05) is 13.1 Å². The second kappa shape index (κ2) is 4.85. The van der Waals surface area contributed by atoms with Gasteiger partial charge in [0.2, 0.25) is 0 Å². The fraction of sp³-hybridized carbons (Fsp3) is 0.533. The van der Waals surface area contributed by atoms with Crippen LogP contribution in [0.15, 0.2) is 30.3 Å². The van der Waals surface area contributed by atoms with E-state index >= 15 is 0 Å². The molecule has 1 unspecified atom stereocenters. The Morgan fingerprint density at radius 2 is 2.00 bits per heavy atom. The van der Waals surface area contributed by atoms with E-state index in [0.29, 0.717) is 12.7 Å². The number of amides is 1. The van der Waals surface area contributed by atoms with Gasteiger partial charge in [-0.05, 0) is 25.3 Å². The molecule has 2 heterocycles. The minimum atomic E-state index is -0.216. The molecule has 0 saturated carbocycles. The van der Waals surface area contributed by atoms with Gasteiger partial charge in [-0.15, -0.1) is 0 Å². The predicted octanol–water partition coefficient (Wildman–Crippen LogP) is 2.58. The van der Waals surface area contributed by atoms with Crippen LogP contribution in [0.1, 0.15) is 25.3 Å². The Labute approximate surface area is 113 Å². The van der Waals surface area contributed by atoms with Gasteiger partial charge in [-0.1, -0.05) is 30.3 Å². The molecule has 0 aliphatic carbocycles. The molecule has 2 aliphatic rings. The van der Waals surface area contributed by atoms with Crippen LogP contribution >= 0.6 is 0 Å². The summed E-state index contributed by atoms with van der Waals surface area (Å²) in [4.78, 5) is 13.7. The smallest absolute Gasteiger partial charge is 0.410 e. The number of hydrogen-bond acceptors (Lipinski definition) is 3. The van der Waals surface area contributed by atoms with Gasteiger partial charge in [-0.3, -0.25) is 0 Å². The first kappa shape index (κ1) is 12.5. The van der Waals surface area contributed by atoms with E-state index in [1.165, 1.54) is 0 Å². The van der Waals surface area contributed by atoms with Gasteiger partial charge in [0.05, 0.1) is 11.7 Å². The fourth-order valence-electron chi connectivity index (χ4n) is 2.72. The molecule has 0 N–H and O–H groups in total. The lowest BCUT2D eigenvalue weighted by atomic mass is 9.94. The molecule has 4 nitrogen and oxygen atoms in total. The van der Waals surface area contributed by atoms with Crippen molar-refractivity contribution in [3.05, 3.63) is 35.9 Å². The van der Waals surface area contributed by atoms with Gasteiger partial charge in [0.25, 0.3) is 0 Å². The van der Waals surface area contributed by atoms with Crippen molar-refractivity contribution in [1.29, 1.82) is 0 Å². The average Bonchev–Trinajstić information content (AvgIpc) is 3.07. The SMILES string of the molecule is CC1OC12CCN(C(=O)OCc1ccccc1)CC2. The fourth-order valence-corrected chi connectivity index (χ4v) is 2.72. The number of benzene rings is 1. The quantitative estimate of drug-likeness (QED) is 0.768. The van der Waals surface area contributed by atoms with Crippen LogP contribution in [0.4, 0.5) is 4.79 Å². The lowest BCUT2D eigenvalue weighted by molar-refractivity contribution is 0.0765. The molecule has 1 spiro atoms. The van der Waals surface area contributed by atoms with Crippen molar-refractivity contribution in [3.8, 4) is 0 Å². The molecule has 0 aromatic heterocycles. The summed E-state index contributed by atoms with van der Waals surface area (Å²) in [5.74, 6) is 0. The molecule has 2 aliphatic heterocycles. The number of ether oxygens (including phenoxy) is 2. The number of epoxide rings is 1. The topological polar surface area (TPSA) is 42.1 Å². The zero-order valence-corrected chi connectivity index (χ0v) is 11.2. The molecule has 0 radical (unpaired) electrons. The zero-order chi connectivity index (χ0) is 13.3. The van der Waals surface area contributed by atoms with E-state index in [0.717, 1.165) is 31.5 Å². The Morgan fingerprint density at radius 1 is 1.37 bits per heavy atom. The highest BCUT2D eigenvalue weighted by atomic mass is 16.6. The van der Waals surface area contributed by atoms with Crippen molar-refractivity contribution in [1.82, 2.24) is 4.90 Å². The molecule has 0 bridgehead atoms. The number of rotatable bonds is 2. The van der Waals surface area contributed by atoms with Crippen LogP contribution in [-0.2, 0) is 16.1 Å². The van der Waals surface area contributed by atoms with E-state index in [-0.39, 0.29) is 11.7 Å². The first-order chi connectivity index (χ1) is 9.20. The van der Waals surface area contributed by atoms with E-state index in [1.807, 2.05) is 30.3 Å². The van der Waals surface area contributed by atoms with Gasteiger partial charge < -0.3 is 14.4 Å². The maximum Gasteiger partial charge on any atom is 0.410 e. The molecule has 2 fully saturated rings. The number of likely N-dealkylation sites (tertiary alicyclic amines) is 1. The largest absolute Gasteiger partial charge is 0.445 e. The maximum atomic E-state index is 11.9. The molecule has 1 aromatic carbocycles. The minimum absolute atomic E-state index is 0.0657. The van der Waals surface area contributed by atoms with Crippen molar-refractivity contribution >= 4 is 6.09 Å². The van der Waals surface area contributed by atoms with Crippen LogP contribution in [0, 0.1) is 0 Å². The molecule has 3 rings (SSSR count). The minimum Gasteiger partial charge on any atom is -0.445 e. The lowest BCUT2D eigenvalue weighted by Crippen LogP contribution is -2.42. The van der Waals surface area contributed by atoms with E-state index in [4.69, 9.17) is 9.47 Å². The number of hydrogen-bond donors (Lipinski definition) is 0. The van der Waals surface area contributed by atoms with Crippen LogP contribution in [-0.4, -0.2) is 35.8 Å². The monoisotopic (exact) mass is 261 g/mol. The highest BCUT2D eigenvalue weighted by Crippen LogP contribution is 2.44. The summed E-state index contributed by atoms with van der Waals surface area (Å²) in [7, 11) is 0. The second-order valence-electron chi connectivity index (χ2n) is 5.35. The number of carbonyl (C=O) groups excluding carboxylic acids is 1. The van der Waals surface area contributed by atoms with Crippen LogP contribution in [0.5, 0.6) is 0 Å². The van der Waals surface area contributed by atoms with Crippen LogP contribution in [0.3, 0.4) is 0 Å². The van der Waals surface area contributed by atoms with E-state index < -0.39 is 0 Å². The second-order valence-corrected chi connectivity index (χ2v) is 5.35. The molecule has 19 heavy (non-hydrogen) atoms. The van der Waals surface area contributed by atoms with Gasteiger partial charge >= 0.3 is 6.09 Å². The van der Waals surface area contributed by atoms with Gasteiger partial charge in [-0.2, -0.15) is 0 Å². The van der Waals surface area contributed by atoms with E-state index in [1.54, 1.807) is 4.90 Å². The number of nitrogens with zero attached hydrogens (tertiary/aromatic N) is 1. The molecule has 102 valence electrons. The van der Waals surface area contributed by atoms with Gasteiger partial charge in [-0.25, -0.2) is 4.79 Å². The van der Waals surface area contributed by atoms with Crippen LogP contribution < -0.4 is 0 Å². The summed E-state index contributed by atoms with van der Waals surface area (Å²) in [5.41, 5.74) is 1.08. The third-order valence-electron chi connectivity index (χ3n) is 4.17. The molecule has 1 amide bonds. The Morgan fingerprint density at radius 3 is 2.58 bits per heavy atom. The summed E-state index contributed by atoms with van der Waals surface area (Å²) < 4.78 is 11.0. The van der Waals surface area contributed by atoms with Crippen molar-refractivity contribution < 1.29 is 14.3 Å². The molecule has 1 aromatic rings. The third kappa shape index (κ3) is 2.59. The van der Waals surface area contributed by atoms with Gasteiger partial charge in [0.15, 0.2) is 0 Å². The maximum absolute atomic E-state index is 11.9. The molecule has 1 atom stereocenters. The Balaban J connectivity index is 1.46. The molecular weight excluding hydrogens is 242 g/mol. The summed E-state index contributed by atoms with van der Waals surface area (Å²) in [6.07, 6.45) is 1.99. The van der Waals surface area contributed by atoms with Crippen molar-refractivity contribution in [2.24, 2.45) is 0 Å². The summed E-state index contributed by atoms with van der Waals surface area (Å²) in [6, 6.07) is 9.75. The first-order valence-electron chi connectivity index (χ1n) is 6.83. The molecular formula is C15H19NO3. The summed E-state index contributed by atoms with van der Waals surface area (Å²) >= 11 is 0. The standard InChI is InChI=1S/C15H19NO3/c1-12-15(19-12)7-9-16(10-8-15)14(17)18-11-13-5-3-2-4-6-13/h2-6,12H,7-11H2,1H3. The molecule has 4 heteroatoms. The lowest BCUT2D eigenvalue weighted by Gasteiger charge is -2.29. The summed E-state index contributed by atoms with van der Waals surface area (Å²) in [5, 5.41) is 0. The van der Waals surface area contributed by atoms with Crippen LogP contribution in [0.2, 0.25) is 0 Å². The normalized spacial score (nSPS) is 24.3. The number of carbonyl (C=O) groups is 1. The van der Waals surface area contributed by atoms with Crippen LogP contribution in [0.25, 0.3) is 0 Å². The number of piperidine rings is 1. The molecule has 2 saturated heterocycles. The highest BCUT2D eigenvalue weighted by Gasteiger charge is 2.54. The Hall–Kier alpha value is -1.55. The van der Waals surface area contributed by atoms with Crippen molar-refractivity contribution in [3.63, 3.8) is 0 Å². The summed E-state index contributed by atoms with van der Waals surface area (Å²) in [6.45, 7) is 3.91. The van der Waals surface area contributed by atoms with Gasteiger partial charge in [0, 0.05) is 13.1 Å². The Bertz CT molecular complexity index is 452. The Kier molecular flexibility index (Phi) is 3.19. The van der Waals surface area contributed by atoms with E-state index in [9.17, 15) is 4.79 Å². The van der Waals surface area contributed by atoms with Gasteiger partial charge in [0.1, 0.15) is 6.61 Å². The van der Waals surface area contributed by atoms with Crippen molar-refractivity contribution in [2.45, 2.75) is 38.1 Å². The predicted molar refractivity (Wildman–Crippen MR) is 70.7 cm³/mol. The zero-order valence-electron chi connectivity index (χ0n) is 11.2. The first-order valence-corrected chi connectivity index (χ1v) is 6.83. The van der Waals surface area contributed by atoms with E-state index in [2.05, 4.69) is 6.92 Å². The third-order valence-corrected chi connectivity index (χ3v) is 4.17. The average molecular weight is 261 g/mol. The highest BCUT2D eigenvalue weighted by molar-refractivity contribution is 5.67.